The molecule has 5 heteroatoms. The van der Waals surface area contributed by atoms with Crippen LogP contribution in [0, 0.1) is 0 Å². The van der Waals surface area contributed by atoms with E-state index >= 15 is 0 Å². The first-order valence-corrected chi connectivity index (χ1v) is 7.81. The summed E-state index contributed by atoms with van der Waals surface area (Å²) in [7, 11) is 0. The fourth-order valence-electron chi connectivity index (χ4n) is 2.47. The summed E-state index contributed by atoms with van der Waals surface area (Å²) in [5.74, 6) is 0.666. The molecule has 2 atom stereocenters. The van der Waals surface area contributed by atoms with E-state index in [0.717, 1.165) is 19.7 Å². The molecule has 1 aromatic rings. The molecule has 118 valence electrons. The topological polar surface area (TPSA) is 41.9 Å². The monoisotopic (exact) mass is 313 g/mol. The maximum absolute atomic E-state index is 9.80. The van der Waals surface area contributed by atoms with Gasteiger partial charge in [-0.3, -0.25) is 4.90 Å². The van der Waals surface area contributed by atoms with E-state index in [1.54, 1.807) is 25.1 Å². The Morgan fingerprint density at radius 1 is 1.43 bits per heavy atom. The SMILES string of the molecule is CC(O)c1cc(Cl)ccc1OCC1CN(C(C)C)CCO1. The highest BCUT2D eigenvalue weighted by Gasteiger charge is 2.23. The molecule has 0 aromatic heterocycles. The molecule has 0 amide bonds. The molecule has 1 aliphatic rings. The van der Waals surface area contributed by atoms with Crippen LogP contribution in [0.25, 0.3) is 0 Å². The lowest BCUT2D eigenvalue weighted by molar-refractivity contribution is -0.0567. The Morgan fingerprint density at radius 3 is 2.86 bits per heavy atom. The van der Waals surface area contributed by atoms with Crippen LogP contribution in [0.5, 0.6) is 5.75 Å². The molecule has 2 rings (SSSR count). The first kappa shape index (κ1) is 16.6. The van der Waals surface area contributed by atoms with Crippen LogP contribution in [0.4, 0.5) is 0 Å². The second-order valence-corrected chi connectivity index (χ2v) is 6.19. The maximum Gasteiger partial charge on any atom is 0.125 e. The van der Waals surface area contributed by atoms with E-state index < -0.39 is 6.10 Å². The van der Waals surface area contributed by atoms with Crippen molar-refractivity contribution in [3.8, 4) is 5.75 Å². The molecule has 21 heavy (non-hydrogen) atoms. The van der Waals surface area contributed by atoms with Crippen molar-refractivity contribution < 1.29 is 14.6 Å². The summed E-state index contributed by atoms with van der Waals surface area (Å²) in [6.07, 6.45) is -0.559. The second kappa shape index (κ2) is 7.45. The molecule has 0 saturated carbocycles. The molecule has 0 bridgehead atoms. The highest BCUT2D eigenvalue weighted by molar-refractivity contribution is 6.30. The lowest BCUT2D eigenvalue weighted by Gasteiger charge is -2.35. The summed E-state index contributed by atoms with van der Waals surface area (Å²) in [5.41, 5.74) is 0.707. The van der Waals surface area contributed by atoms with Crippen molar-refractivity contribution in [2.45, 2.75) is 39.0 Å². The van der Waals surface area contributed by atoms with Gasteiger partial charge in [0, 0.05) is 29.7 Å². The largest absolute Gasteiger partial charge is 0.490 e. The number of morpholine rings is 1. The van der Waals surface area contributed by atoms with Gasteiger partial charge in [0.1, 0.15) is 18.5 Å². The molecule has 0 aliphatic carbocycles. The number of ether oxygens (including phenoxy) is 2. The van der Waals surface area contributed by atoms with Crippen molar-refractivity contribution in [3.05, 3.63) is 28.8 Å². The fourth-order valence-corrected chi connectivity index (χ4v) is 2.65. The Kier molecular flexibility index (Phi) is 5.88. The minimum atomic E-state index is -0.613. The molecule has 2 unspecified atom stereocenters. The van der Waals surface area contributed by atoms with Gasteiger partial charge in [0.15, 0.2) is 0 Å². The van der Waals surface area contributed by atoms with Crippen LogP contribution in [0.1, 0.15) is 32.4 Å². The van der Waals surface area contributed by atoms with Crippen molar-refractivity contribution in [3.63, 3.8) is 0 Å². The van der Waals surface area contributed by atoms with Crippen molar-refractivity contribution in [2.24, 2.45) is 0 Å². The van der Waals surface area contributed by atoms with Crippen molar-refractivity contribution in [1.29, 1.82) is 0 Å². The van der Waals surface area contributed by atoms with Crippen molar-refractivity contribution in [1.82, 2.24) is 4.90 Å². The zero-order chi connectivity index (χ0) is 15.4. The molecule has 4 nitrogen and oxygen atoms in total. The summed E-state index contributed by atoms with van der Waals surface area (Å²) in [4.78, 5) is 2.38. The second-order valence-electron chi connectivity index (χ2n) is 5.75. The third-order valence-electron chi connectivity index (χ3n) is 3.75. The molecular formula is C16H24ClNO3. The van der Waals surface area contributed by atoms with Crippen LogP contribution in [0.15, 0.2) is 18.2 Å². The smallest absolute Gasteiger partial charge is 0.125 e. The highest BCUT2D eigenvalue weighted by atomic mass is 35.5. The lowest BCUT2D eigenvalue weighted by atomic mass is 10.1. The highest BCUT2D eigenvalue weighted by Crippen LogP contribution is 2.28. The number of rotatable bonds is 5. The summed E-state index contributed by atoms with van der Waals surface area (Å²) < 4.78 is 11.6. The van der Waals surface area contributed by atoms with Crippen LogP contribution in [0.2, 0.25) is 5.02 Å². The normalized spacial score (nSPS) is 21.5. The molecule has 1 heterocycles. The van der Waals surface area contributed by atoms with Gasteiger partial charge in [-0.1, -0.05) is 11.6 Å². The van der Waals surface area contributed by atoms with E-state index in [1.807, 2.05) is 0 Å². The van der Waals surface area contributed by atoms with Crippen LogP contribution >= 0.6 is 11.6 Å². The predicted molar refractivity (Wildman–Crippen MR) is 84.0 cm³/mol. The van der Waals surface area contributed by atoms with E-state index in [-0.39, 0.29) is 6.10 Å². The van der Waals surface area contributed by atoms with Crippen LogP contribution in [0.3, 0.4) is 0 Å². The molecule has 1 aliphatic heterocycles. The van der Waals surface area contributed by atoms with Crippen molar-refractivity contribution >= 4 is 11.6 Å². The van der Waals surface area contributed by atoms with Crippen LogP contribution in [-0.2, 0) is 4.74 Å². The maximum atomic E-state index is 9.80. The lowest BCUT2D eigenvalue weighted by Crippen LogP contribution is -2.47. The molecular weight excluding hydrogens is 290 g/mol. The van der Waals surface area contributed by atoms with Gasteiger partial charge in [-0.2, -0.15) is 0 Å². The summed E-state index contributed by atoms with van der Waals surface area (Å²) in [5, 5.41) is 10.4. The third-order valence-corrected chi connectivity index (χ3v) is 3.98. The quantitative estimate of drug-likeness (QED) is 0.907. The van der Waals surface area contributed by atoms with E-state index in [0.29, 0.717) is 29.0 Å². The number of aliphatic hydroxyl groups excluding tert-OH is 1. The zero-order valence-electron chi connectivity index (χ0n) is 12.9. The standard InChI is InChI=1S/C16H24ClNO3/c1-11(2)18-6-7-20-14(9-18)10-21-16-5-4-13(17)8-15(16)12(3)19/h4-5,8,11-12,14,19H,6-7,9-10H2,1-3H3. The first-order valence-electron chi connectivity index (χ1n) is 7.43. The Hall–Kier alpha value is -0.810. The summed E-state index contributed by atoms with van der Waals surface area (Å²) in [6, 6.07) is 5.82. The number of aliphatic hydroxyl groups is 1. The summed E-state index contributed by atoms with van der Waals surface area (Å²) >= 11 is 5.97. The number of benzene rings is 1. The minimum absolute atomic E-state index is 0.0543. The number of hydrogen-bond donors (Lipinski definition) is 1. The zero-order valence-corrected chi connectivity index (χ0v) is 13.6. The van der Waals surface area contributed by atoms with Crippen LogP contribution < -0.4 is 4.74 Å². The Bertz CT molecular complexity index is 465. The van der Waals surface area contributed by atoms with Gasteiger partial charge < -0.3 is 14.6 Å². The third kappa shape index (κ3) is 4.58. The molecule has 1 N–H and O–H groups in total. The van der Waals surface area contributed by atoms with Gasteiger partial charge >= 0.3 is 0 Å². The molecule has 1 aromatic carbocycles. The Balaban J connectivity index is 1.96. The first-order chi connectivity index (χ1) is 9.97. The van der Waals surface area contributed by atoms with Crippen molar-refractivity contribution in [2.75, 3.05) is 26.3 Å². The minimum Gasteiger partial charge on any atom is -0.490 e. The van der Waals surface area contributed by atoms with Gasteiger partial charge in [-0.15, -0.1) is 0 Å². The average Bonchev–Trinajstić information content (AvgIpc) is 2.46. The van der Waals surface area contributed by atoms with E-state index in [2.05, 4.69) is 18.7 Å². The van der Waals surface area contributed by atoms with Gasteiger partial charge in [0.2, 0.25) is 0 Å². The van der Waals surface area contributed by atoms with E-state index in [9.17, 15) is 5.11 Å². The van der Waals surface area contributed by atoms with Crippen LogP contribution in [-0.4, -0.2) is 48.5 Å². The average molecular weight is 314 g/mol. The van der Waals surface area contributed by atoms with Gasteiger partial charge in [-0.05, 0) is 39.0 Å². The number of hydrogen-bond acceptors (Lipinski definition) is 4. The fraction of sp³-hybridized carbons (Fsp3) is 0.625. The van der Waals surface area contributed by atoms with Gasteiger partial charge in [0.25, 0.3) is 0 Å². The summed E-state index contributed by atoms with van der Waals surface area (Å²) in [6.45, 7) is 9.13. The molecule has 0 spiro atoms. The van der Waals surface area contributed by atoms with E-state index in [1.165, 1.54) is 0 Å². The van der Waals surface area contributed by atoms with Gasteiger partial charge in [0.05, 0.1) is 12.7 Å². The van der Waals surface area contributed by atoms with E-state index in [4.69, 9.17) is 21.1 Å². The molecule has 1 fully saturated rings. The predicted octanol–water partition coefficient (Wildman–Crippen LogP) is 2.88. The number of nitrogens with zero attached hydrogens (tertiary/aromatic N) is 1. The molecule has 1 saturated heterocycles. The Morgan fingerprint density at radius 2 is 2.19 bits per heavy atom. The molecule has 0 radical (unpaired) electrons. The number of halogens is 1. The Labute approximate surface area is 131 Å². The van der Waals surface area contributed by atoms with Gasteiger partial charge in [-0.25, -0.2) is 0 Å².